The Bertz CT molecular complexity index is 695. The zero-order valence-corrected chi connectivity index (χ0v) is 14.3. The Morgan fingerprint density at radius 3 is 2.87 bits per heavy atom. The van der Waals surface area contributed by atoms with Gasteiger partial charge in [0.2, 0.25) is 5.91 Å². The lowest BCUT2D eigenvalue weighted by Gasteiger charge is -2.22. The average Bonchev–Trinajstić information content (AvgIpc) is 2.96. The molecule has 7 heteroatoms. The number of hydrogen-bond acceptors (Lipinski definition) is 5. The summed E-state index contributed by atoms with van der Waals surface area (Å²) in [6, 6.07) is 5.71. The van der Waals surface area contributed by atoms with Crippen LogP contribution in [0.4, 0.5) is 5.69 Å². The second-order valence-electron chi connectivity index (χ2n) is 5.83. The molecule has 2 aromatic rings. The molecule has 0 radical (unpaired) electrons. The fourth-order valence-electron chi connectivity index (χ4n) is 2.83. The van der Waals surface area contributed by atoms with Crippen molar-refractivity contribution in [3.8, 4) is 11.5 Å². The molecule has 1 aliphatic rings. The largest absolute Gasteiger partial charge is 0.398 e. The molecule has 6 nitrogen and oxygen atoms in total. The van der Waals surface area contributed by atoms with Gasteiger partial charge in [-0.2, -0.15) is 4.98 Å². The first kappa shape index (κ1) is 16.0. The molecule has 1 fully saturated rings. The first-order valence-electron chi connectivity index (χ1n) is 7.79. The molecule has 1 amide bonds. The summed E-state index contributed by atoms with van der Waals surface area (Å²) < 4.78 is 6.11. The third-order valence-corrected chi connectivity index (χ3v) is 4.49. The summed E-state index contributed by atoms with van der Waals surface area (Å²) in [6.07, 6.45) is 5.85. The molecule has 23 heavy (non-hydrogen) atoms. The van der Waals surface area contributed by atoms with Crippen LogP contribution in [0.25, 0.3) is 11.5 Å². The van der Waals surface area contributed by atoms with E-state index < -0.39 is 0 Å². The number of nitrogens with one attached hydrogen (secondary N) is 1. The summed E-state index contributed by atoms with van der Waals surface area (Å²) in [5.74, 6) is 0.638. The maximum atomic E-state index is 12.1. The quantitative estimate of drug-likeness (QED) is 0.797. The minimum absolute atomic E-state index is 0.0620. The van der Waals surface area contributed by atoms with Crippen molar-refractivity contribution in [3.05, 3.63) is 28.5 Å². The van der Waals surface area contributed by atoms with Crippen molar-refractivity contribution < 1.29 is 9.32 Å². The summed E-state index contributed by atoms with van der Waals surface area (Å²) in [4.78, 5) is 16.3. The van der Waals surface area contributed by atoms with E-state index in [-0.39, 0.29) is 18.4 Å². The van der Waals surface area contributed by atoms with Gasteiger partial charge in [0.05, 0.1) is 12.0 Å². The highest BCUT2D eigenvalue weighted by Crippen LogP contribution is 2.27. The van der Waals surface area contributed by atoms with Crippen LogP contribution >= 0.6 is 15.9 Å². The second kappa shape index (κ2) is 7.12. The molecule has 1 aromatic carbocycles. The van der Waals surface area contributed by atoms with Crippen LogP contribution < -0.4 is 11.1 Å². The maximum absolute atomic E-state index is 12.1. The van der Waals surface area contributed by atoms with Gasteiger partial charge in [-0.15, -0.1) is 0 Å². The Balaban J connectivity index is 1.63. The van der Waals surface area contributed by atoms with Crippen molar-refractivity contribution in [1.82, 2.24) is 15.5 Å². The zero-order chi connectivity index (χ0) is 16.2. The summed E-state index contributed by atoms with van der Waals surface area (Å²) >= 11 is 3.35. The molecule has 0 aliphatic heterocycles. The van der Waals surface area contributed by atoms with E-state index in [9.17, 15) is 4.79 Å². The molecule has 1 aromatic heterocycles. The average molecular weight is 379 g/mol. The number of nitrogens with zero attached hydrogens (tertiary/aromatic N) is 2. The summed E-state index contributed by atoms with van der Waals surface area (Å²) in [6.45, 7) is 0. The highest BCUT2D eigenvalue weighted by molar-refractivity contribution is 9.10. The monoisotopic (exact) mass is 378 g/mol. The predicted molar refractivity (Wildman–Crippen MR) is 90.6 cm³/mol. The minimum Gasteiger partial charge on any atom is -0.398 e. The number of carbonyl (C=O) groups excluding carboxylic acids is 1. The van der Waals surface area contributed by atoms with Crippen molar-refractivity contribution in [2.24, 2.45) is 0 Å². The lowest BCUT2D eigenvalue weighted by Crippen LogP contribution is -2.37. The van der Waals surface area contributed by atoms with Gasteiger partial charge in [0, 0.05) is 16.2 Å². The SMILES string of the molecule is Nc1cc(Br)ccc1-c1nc(CC(=O)NC2CCCCC2)no1. The van der Waals surface area contributed by atoms with E-state index in [0.717, 1.165) is 17.3 Å². The van der Waals surface area contributed by atoms with E-state index in [2.05, 4.69) is 31.4 Å². The number of nitrogen functional groups attached to an aromatic ring is 1. The Morgan fingerprint density at radius 2 is 2.13 bits per heavy atom. The number of aromatic nitrogens is 2. The van der Waals surface area contributed by atoms with E-state index >= 15 is 0 Å². The number of carbonyl (C=O) groups is 1. The van der Waals surface area contributed by atoms with Crippen LogP contribution in [0.3, 0.4) is 0 Å². The molecule has 0 saturated heterocycles. The van der Waals surface area contributed by atoms with Gasteiger partial charge in [-0.25, -0.2) is 0 Å². The molecule has 3 N–H and O–H groups in total. The maximum Gasteiger partial charge on any atom is 0.260 e. The van der Waals surface area contributed by atoms with Crippen LogP contribution in [0.5, 0.6) is 0 Å². The highest BCUT2D eigenvalue weighted by Gasteiger charge is 2.18. The molecule has 0 spiro atoms. The van der Waals surface area contributed by atoms with Gasteiger partial charge in [0.25, 0.3) is 5.89 Å². The number of amides is 1. The van der Waals surface area contributed by atoms with E-state index in [1.165, 1.54) is 19.3 Å². The number of rotatable bonds is 4. The number of halogens is 1. The minimum atomic E-state index is -0.0620. The van der Waals surface area contributed by atoms with Crippen LogP contribution in [0, 0.1) is 0 Å². The van der Waals surface area contributed by atoms with Crippen molar-refractivity contribution in [1.29, 1.82) is 0 Å². The Hall–Kier alpha value is -1.89. The van der Waals surface area contributed by atoms with Crippen LogP contribution in [-0.2, 0) is 11.2 Å². The predicted octanol–water partition coefficient (Wildman–Crippen LogP) is 3.07. The third kappa shape index (κ3) is 4.10. The normalized spacial score (nSPS) is 15.5. The molecular weight excluding hydrogens is 360 g/mol. The van der Waals surface area contributed by atoms with E-state index in [1.807, 2.05) is 6.07 Å². The van der Waals surface area contributed by atoms with Gasteiger partial charge in [-0.3, -0.25) is 4.79 Å². The van der Waals surface area contributed by atoms with E-state index in [4.69, 9.17) is 10.3 Å². The molecular formula is C16H19BrN4O2. The fourth-order valence-corrected chi connectivity index (χ4v) is 3.21. The molecule has 0 unspecified atom stereocenters. The van der Waals surface area contributed by atoms with Gasteiger partial charge in [0.15, 0.2) is 5.82 Å². The molecule has 122 valence electrons. The van der Waals surface area contributed by atoms with Crippen molar-refractivity contribution >= 4 is 27.5 Å². The Kier molecular flexibility index (Phi) is 4.95. The summed E-state index contributed by atoms with van der Waals surface area (Å²) in [5, 5.41) is 6.92. The third-order valence-electron chi connectivity index (χ3n) is 4.00. The molecule has 0 bridgehead atoms. The Morgan fingerprint density at radius 1 is 1.35 bits per heavy atom. The van der Waals surface area contributed by atoms with Gasteiger partial charge >= 0.3 is 0 Å². The van der Waals surface area contributed by atoms with Gasteiger partial charge in [-0.1, -0.05) is 40.3 Å². The zero-order valence-electron chi connectivity index (χ0n) is 12.7. The first-order chi connectivity index (χ1) is 11.1. The topological polar surface area (TPSA) is 94.0 Å². The van der Waals surface area contributed by atoms with Crippen molar-refractivity contribution in [2.75, 3.05) is 5.73 Å². The number of hydrogen-bond donors (Lipinski definition) is 2. The molecule has 3 rings (SSSR count). The molecule has 1 saturated carbocycles. The Labute approximate surface area is 143 Å². The standard InChI is InChI=1S/C16H19BrN4O2/c17-10-6-7-12(13(18)8-10)16-20-14(21-23-16)9-15(22)19-11-4-2-1-3-5-11/h6-8,11H,1-5,9,18H2,(H,19,22). The van der Waals surface area contributed by atoms with Crippen LogP contribution in [0.15, 0.2) is 27.2 Å². The van der Waals surface area contributed by atoms with Crippen molar-refractivity contribution in [2.45, 2.75) is 44.6 Å². The summed E-state index contributed by atoms with van der Waals surface area (Å²) in [7, 11) is 0. The molecule has 1 aliphatic carbocycles. The van der Waals surface area contributed by atoms with Gasteiger partial charge < -0.3 is 15.6 Å². The number of nitrogens with two attached hydrogens (primary N) is 1. The van der Waals surface area contributed by atoms with E-state index in [0.29, 0.717) is 23.0 Å². The van der Waals surface area contributed by atoms with Crippen molar-refractivity contribution in [3.63, 3.8) is 0 Å². The van der Waals surface area contributed by atoms with Crippen LogP contribution in [0.1, 0.15) is 37.9 Å². The first-order valence-corrected chi connectivity index (χ1v) is 8.58. The molecule has 0 atom stereocenters. The molecule has 1 heterocycles. The number of anilines is 1. The smallest absolute Gasteiger partial charge is 0.260 e. The number of benzene rings is 1. The lowest BCUT2D eigenvalue weighted by molar-refractivity contribution is -0.121. The fraction of sp³-hybridized carbons (Fsp3) is 0.438. The summed E-state index contributed by atoms with van der Waals surface area (Å²) in [5.41, 5.74) is 7.16. The highest BCUT2D eigenvalue weighted by atomic mass is 79.9. The second-order valence-corrected chi connectivity index (χ2v) is 6.74. The van der Waals surface area contributed by atoms with Crippen LogP contribution in [0.2, 0.25) is 0 Å². The van der Waals surface area contributed by atoms with Crippen LogP contribution in [-0.4, -0.2) is 22.1 Å². The lowest BCUT2D eigenvalue weighted by atomic mass is 9.95. The van der Waals surface area contributed by atoms with Gasteiger partial charge in [0.1, 0.15) is 0 Å². The van der Waals surface area contributed by atoms with Gasteiger partial charge in [-0.05, 0) is 31.0 Å². The van der Waals surface area contributed by atoms with E-state index in [1.54, 1.807) is 12.1 Å².